The molecule has 0 aromatic heterocycles. The molecule has 1 aromatic rings. The second-order valence-electron chi connectivity index (χ2n) is 6.32. The average Bonchev–Trinajstić information content (AvgIpc) is 2.54. The average molecular weight is 337 g/mol. The number of amides is 1. The molecule has 0 saturated carbocycles. The van der Waals surface area contributed by atoms with E-state index in [0.717, 1.165) is 30.3 Å². The Morgan fingerprint density at radius 2 is 1.78 bits per heavy atom. The summed E-state index contributed by atoms with van der Waals surface area (Å²) >= 11 is 1.64. The van der Waals surface area contributed by atoms with Crippen molar-refractivity contribution >= 4 is 17.7 Å². The van der Waals surface area contributed by atoms with Gasteiger partial charge in [0.2, 0.25) is 5.91 Å². The SMILES string of the molecule is COc1ccc(OCCSCC(=O)N2CC(C)CC(C)C2)cc1. The number of carbonyl (C=O) groups is 1. The van der Waals surface area contributed by atoms with Crippen molar-refractivity contribution in [3.63, 3.8) is 0 Å². The predicted octanol–water partition coefficient (Wildman–Crippen LogP) is 3.31. The van der Waals surface area contributed by atoms with Crippen molar-refractivity contribution in [1.82, 2.24) is 4.90 Å². The summed E-state index contributed by atoms with van der Waals surface area (Å²) in [6.07, 6.45) is 1.23. The molecule has 1 aliphatic heterocycles. The maximum absolute atomic E-state index is 12.2. The molecule has 1 amide bonds. The lowest BCUT2D eigenvalue weighted by atomic mass is 9.92. The Labute approximate surface area is 143 Å². The molecule has 0 spiro atoms. The van der Waals surface area contributed by atoms with Crippen LogP contribution in [0.5, 0.6) is 11.5 Å². The second kappa shape index (κ2) is 9.06. The standard InChI is InChI=1S/C18H27NO3S/c1-14-10-15(2)12-19(11-14)18(20)13-23-9-8-22-17-6-4-16(21-3)5-7-17/h4-7,14-15H,8-13H2,1-3H3. The molecule has 2 rings (SSSR count). The van der Waals surface area contributed by atoms with Crippen LogP contribution in [0.4, 0.5) is 0 Å². The van der Waals surface area contributed by atoms with Crippen LogP contribution in [0.1, 0.15) is 20.3 Å². The van der Waals surface area contributed by atoms with Crippen LogP contribution >= 0.6 is 11.8 Å². The van der Waals surface area contributed by atoms with E-state index in [4.69, 9.17) is 9.47 Å². The van der Waals surface area contributed by atoms with E-state index in [0.29, 0.717) is 24.2 Å². The fourth-order valence-corrected chi connectivity index (χ4v) is 3.71. The molecule has 0 aliphatic carbocycles. The highest BCUT2D eigenvalue weighted by molar-refractivity contribution is 7.99. The minimum Gasteiger partial charge on any atom is -0.497 e. The molecule has 1 fully saturated rings. The first kappa shape index (κ1) is 18.0. The summed E-state index contributed by atoms with van der Waals surface area (Å²) in [5.41, 5.74) is 0. The van der Waals surface area contributed by atoms with Gasteiger partial charge in [-0.15, -0.1) is 11.8 Å². The molecule has 1 heterocycles. The largest absolute Gasteiger partial charge is 0.497 e. The van der Waals surface area contributed by atoms with Gasteiger partial charge in [0.05, 0.1) is 19.5 Å². The van der Waals surface area contributed by atoms with Gasteiger partial charge < -0.3 is 14.4 Å². The second-order valence-corrected chi connectivity index (χ2v) is 7.43. The number of hydrogen-bond acceptors (Lipinski definition) is 4. The van der Waals surface area contributed by atoms with Crippen molar-refractivity contribution in [2.24, 2.45) is 11.8 Å². The maximum atomic E-state index is 12.2. The van der Waals surface area contributed by atoms with E-state index in [9.17, 15) is 4.79 Å². The number of nitrogens with zero attached hydrogens (tertiary/aromatic N) is 1. The molecular formula is C18H27NO3S. The topological polar surface area (TPSA) is 38.8 Å². The van der Waals surface area contributed by atoms with Gasteiger partial charge in [-0.25, -0.2) is 0 Å². The minimum absolute atomic E-state index is 0.262. The third-order valence-corrected chi connectivity index (χ3v) is 4.91. The number of rotatable bonds is 7. The number of likely N-dealkylation sites (tertiary alicyclic amines) is 1. The highest BCUT2D eigenvalue weighted by atomic mass is 32.2. The molecule has 1 aliphatic rings. The lowest BCUT2D eigenvalue weighted by Crippen LogP contribution is -2.43. The molecule has 1 saturated heterocycles. The molecule has 0 bridgehead atoms. The summed E-state index contributed by atoms with van der Waals surface area (Å²) in [7, 11) is 1.65. The van der Waals surface area contributed by atoms with E-state index >= 15 is 0 Å². The zero-order valence-corrected chi connectivity index (χ0v) is 15.1. The van der Waals surface area contributed by atoms with Crippen LogP contribution in [0.3, 0.4) is 0 Å². The van der Waals surface area contributed by atoms with Gasteiger partial charge in [0.1, 0.15) is 11.5 Å². The van der Waals surface area contributed by atoms with E-state index in [2.05, 4.69) is 13.8 Å². The number of hydrogen-bond donors (Lipinski definition) is 0. The number of thioether (sulfide) groups is 1. The predicted molar refractivity (Wildman–Crippen MR) is 95.3 cm³/mol. The number of methoxy groups -OCH3 is 1. The highest BCUT2D eigenvalue weighted by Gasteiger charge is 2.24. The Balaban J connectivity index is 1.62. The van der Waals surface area contributed by atoms with Crippen molar-refractivity contribution in [1.29, 1.82) is 0 Å². The first-order chi connectivity index (χ1) is 11.1. The van der Waals surface area contributed by atoms with Gasteiger partial charge in [-0.05, 0) is 42.5 Å². The molecule has 23 heavy (non-hydrogen) atoms. The molecule has 2 unspecified atom stereocenters. The van der Waals surface area contributed by atoms with E-state index in [1.165, 1.54) is 6.42 Å². The van der Waals surface area contributed by atoms with Crippen LogP contribution in [-0.2, 0) is 4.79 Å². The normalized spacial score (nSPS) is 21.1. The van der Waals surface area contributed by atoms with Crippen LogP contribution < -0.4 is 9.47 Å². The summed E-state index contributed by atoms with van der Waals surface area (Å²) in [4.78, 5) is 14.3. The monoisotopic (exact) mass is 337 g/mol. The fourth-order valence-electron chi connectivity index (χ4n) is 3.01. The number of ether oxygens (including phenoxy) is 2. The van der Waals surface area contributed by atoms with Crippen LogP contribution in [0, 0.1) is 11.8 Å². The van der Waals surface area contributed by atoms with E-state index < -0.39 is 0 Å². The van der Waals surface area contributed by atoms with Crippen molar-refractivity contribution < 1.29 is 14.3 Å². The van der Waals surface area contributed by atoms with E-state index in [-0.39, 0.29) is 5.91 Å². The molecule has 0 N–H and O–H groups in total. The number of carbonyl (C=O) groups excluding carboxylic acids is 1. The first-order valence-corrected chi connectivity index (χ1v) is 9.36. The zero-order chi connectivity index (χ0) is 16.7. The summed E-state index contributed by atoms with van der Waals surface area (Å²) in [6, 6.07) is 7.55. The van der Waals surface area contributed by atoms with E-state index in [1.54, 1.807) is 18.9 Å². The molecule has 1 aromatic carbocycles. The molecule has 128 valence electrons. The Morgan fingerprint density at radius 3 is 2.39 bits per heavy atom. The highest BCUT2D eigenvalue weighted by Crippen LogP contribution is 2.22. The van der Waals surface area contributed by atoms with Gasteiger partial charge in [0.15, 0.2) is 0 Å². The zero-order valence-electron chi connectivity index (χ0n) is 14.3. The Morgan fingerprint density at radius 1 is 1.17 bits per heavy atom. The van der Waals surface area contributed by atoms with Crippen molar-refractivity contribution in [3.05, 3.63) is 24.3 Å². The smallest absolute Gasteiger partial charge is 0.232 e. The van der Waals surface area contributed by atoms with Crippen molar-refractivity contribution in [2.45, 2.75) is 20.3 Å². The van der Waals surface area contributed by atoms with Gasteiger partial charge in [-0.3, -0.25) is 4.79 Å². The molecular weight excluding hydrogens is 310 g/mol. The van der Waals surface area contributed by atoms with Crippen LogP contribution in [0.2, 0.25) is 0 Å². The third-order valence-electron chi connectivity index (χ3n) is 4.00. The minimum atomic E-state index is 0.262. The van der Waals surface area contributed by atoms with Crippen LogP contribution in [0.25, 0.3) is 0 Å². The lowest BCUT2D eigenvalue weighted by molar-refractivity contribution is -0.130. The molecule has 4 nitrogen and oxygen atoms in total. The number of piperidine rings is 1. The fraction of sp³-hybridized carbons (Fsp3) is 0.611. The molecule has 2 atom stereocenters. The van der Waals surface area contributed by atoms with Crippen LogP contribution in [-0.4, -0.2) is 49.1 Å². The first-order valence-electron chi connectivity index (χ1n) is 8.21. The van der Waals surface area contributed by atoms with Gasteiger partial charge in [-0.1, -0.05) is 13.8 Å². The maximum Gasteiger partial charge on any atom is 0.232 e. The van der Waals surface area contributed by atoms with Crippen molar-refractivity contribution in [2.75, 3.05) is 38.3 Å². The molecule has 0 radical (unpaired) electrons. The van der Waals surface area contributed by atoms with Gasteiger partial charge >= 0.3 is 0 Å². The van der Waals surface area contributed by atoms with Crippen molar-refractivity contribution in [3.8, 4) is 11.5 Å². The summed E-state index contributed by atoms with van der Waals surface area (Å²) in [6.45, 7) is 6.88. The summed E-state index contributed by atoms with van der Waals surface area (Å²) in [5, 5.41) is 0. The number of benzene rings is 1. The Hall–Kier alpha value is -1.36. The third kappa shape index (κ3) is 5.98. The lowest BCUT2D eigenvalue weighted by Gasteiger charge is -2.35. The van der Waals surface area contributed by atoms with Crippen LogP contribution in [0.15, 0.2) is 24.3 Å². The summed E-state index contributed by atoms with van der Waals surface area (Å²) in [5.74, 6) is 4.51. The van der Waals surface area contributed by atoms with Gasteiger partial charge in [0.25, 0.3) is 0 Å². The quantitative estimate of drug-likeness (QED) is 0.716. The Bertz CT molecular complexity index is 482. The molecule has 5 heteroatoms. The van der Waals surface area contributed by atoms with Gasteiger partial charge in [0, 0.05) is 18.8 Å². The summed E-state index contributed by atoms with van der Waals surface area (Å²) < 4.78 is 10.8. The van der Waals surface area contributed by atoms with E-state index in [1.807, 2.05) is 29.2 Å². The Kier molecular flexibility index (Phi) is 7.09. The van der Waals surface area contributed by atoms with Gasteiger partial charge in [-0.2, -0.15) is 0 Å².